The highest BCUT2D eigenvalue weighted by Crippen LogP contribution is 2.17. The Balaban J connectivity index is 1.77. The molecule has 2 rings (SSSR count). The van der Waals surface area contributed by atoms with Crippen LogP contribution in [0.15, 0.2) is 30.3 Å². The Morgan fingerprint density at radius 1 is 1.11 bits per heavy atom. The molecule has 0 aromatic heterocycles. The first-order chi connectivity index (χ1) is 13.4. The molecule has 2 N–H and O–H groups in total. The third-order valence-electron chi connectivity index (χ3n) is 4.62. The van der Waals surface area contributed by atoms with Crippen LogP contribution in [0.25, 0.3) is 6.08 Å². The summed E-state index contributed by atoms with van der Waals surface area (Å²) in [4.78, 5) is 36.2. The van der Waals surface area contributed by atoms with Gasteiger partial charge < -0.3 is 20.1 Å². The molecule has 1 aromatic carbocycles. The second kappa shape index (κ2) is 10.5. The molecule has 28 heavy (non-hydrogen) atoms. The molecule has 2 atom stereocenters. The largest absolute Gasteiger partial charge is 0.497 e. The monoisotopic (exact) mass is 388 g/mol. The van der Waals surface area contributed by atoms with Crippen LogP contribution in [-0.4, -0.2) is 43.1 Å². The molecule has 0 heterocycles. The Bertz CT molecular complexity index is 708. The molecule has 7 nitrogen and oxygen atoms in total. The van der Waals surface area contributed by atoms with Gasteiger partial charge in [-0.05, 0) is 50.5 Å². The second-order valence-electron chi connectivity index (χ2n) is 6.91. The maximum absolute atomic E-state index is 12.1. The van der Waals surface area contributed by atoms with Gasteiger partial charge in [0.2, 0.25) is 5.91 Å². The van der Waals surface area contributed by atoms with E-state index in [2.05, 4.69) is 10.6 Å². The van der Waals surface area contributed by atoms with Gasteiger partial charge in [0.25, 0.3) is 5.91 Å². The molecule has 7 heteroatoms. The fraction of sp³-hybridized carbons (Fsp3) is 0.476. The molecule has 0 spiro atoms. The number of esters is 1. The zero-order valence-electron chi connectivity index (χ0n) is 16.6. The summed E-state index contributed by atoms with van der Waals surface area (Å²) in [6.07, 6.45) is 6.19. The molecule has 0 saturated heterocycles. The molecular weight excluding hydrogens is 360 g/mol. The van der Waals surface area contributed by atoms with Crippen molar-refractivity contribution < 1.29 is 23.9 Å². The fourth-order valence-electron chi connectivity index (χ4n) is 2.93. The average Bonchev–Trinajstić information content (AvgIpc) is 3.19. The van der Waals surface area contributed by atoms with Crippen LogP contribution in [0.3, 0.4) is 0 Å². The van der Waals surface area contributed by atoms with Gasteiger partial charge in [0.15, 0.2) is 6.10 Å². The standard InChI is InChI=1S/C21H28N2O5/c1-14(21(26)28-15(2)20(25)23-17-6-4-5-7-17)22-19(24)13-10-16-8-11-18(27-3)12-9-16/h8-15,17H,4-7H2,1-3H3,(H,22,24)(H,23,25)/b13-10+/t14-,15-/m0/s1. The molecular formula is C21H28N2O5. The molecule has 0 radical (unpaired) electrons. The van der Waals surface area contributed by atoms with E-state index in [1.54, 1.807) is 25.3 Å². The van der Waals surface area contributed by atoms with Crippen LogP contribution in [0.1, 0.15) is 45.1 Å². The van der Waals surface area contributed by atoms with E-state index in [4.69, 9.17) is 9.47 Å². The minimum absolute atomic E-state index is 0.161. The van der Waals surface area contributed by atoms with Crippen molar-refractivity contribution in [3.8, 4) is 5.75 Å². The molecule has 1 fully saturated rings. The zero-order chi connectivity index (χ0) is 20.5. The maximum atomic E-state index is 12.1. The highest BCUT2D eigenvalue weighted by molar-refractivity contribution is 5.95. The van der Waals surface area contributed by atoms with Gasteiger partial charge in [-0.2, -0.15) is 0 Å². The van der Waals surface area contributed by atoms with Gasteiger partial charge >= 0.3 is 5.97 Å². The van der Waals surface area contributed by atoms with Crippen LogP contribution in [0, 0.1) is 0 Å². The minimum atomic E-state index is -0.901. The average molecular weight is 388 g/mol. The van der Waals surface area contributed by atoms with Crippen LogP contribution >= 0.6 is 0 Å². The van der Waals surface area contributed by atoms with E-state index in [0.717, 1.165) is 37.0 Å². The number of ether oxygens (including phenoxy) is 2. The van der Waals surface area contributed by atoms with Gasteiger partial charge in [-0.15, -0.1) is 0 Å². The molecule has 1 aliphatic rings. The molecule has 1 aromatic rings. The molecule has 2 amide bonds. The molecule has 0 unspecified atom stereocenters. The zero-order valence-corrected chi connectivity index (χ0v) is 16.6. The van der Waals surface area contributed by atoms with E-state index >= 15 is 0 Å². The summed E-state index contributed by atoms with van der Waals surface area (Å²) >= 11 is 0. The van der Waals surface area contributed by atoms with Crippen LogP contribution in [0.5, 0.6) is 5.75 Å². The molecule has 152 valence electrons. The first-order valence-corrected chi connectivity index (χ1v) is 9.52. The predicted octanol–water partition coefficient (Wildman–Crippen LogP) is 2.20. The third-order valence-corrected chi connectivity index (χ3v) is 4.62. The number of hydrogen-bond donors (Lipinski definition) is 2. The summed E-state index contributed by atoms with van der Waals surface area (Å²) in [5.74, 6) is -0.661. The van der Waals surface area contributed by atoms with Crippen molar-refractivity contribution in [3.63, 3.8) is 0 Å². The lowest BCUT2D eigenvalue weighted by atomic mass is 10.2. The van der Waals surface area contributed by atoms with Crippen molar-refractivity contribution in [2.24, 2.45) is 0 Å². The SMILES string of the molecule is COc1ccc(/C=C/C(=O)N[C@@H](C)C(=O)O[C@@H](C)C(=O)NC2CCCC2)cc1. The summed E-state index contributed by atoms with van der Waals surface area (Å²) in [6.45, 7) is 3.04. The van der Waals surface area contributed by atoms with Crippen molar-refractivity contribution in [1.29, 1.82) is 0 Å². The maximum Gasteiger partial charge on any atom is 0.329 e. The van der Waals surface area contributed by atoms with Crippen molar-refractivity contribution in [2.45, 2.75) is 57.7 Å². The van der Waals surface area contributed by atoms with E-state index < -0.39 is 24.0 Å². The number of methoxy groups -OCH3 is 1. The van der Waals surface area contributed by atoms with Gasteiger partial charge in [0.05, 0.1) is 7.11 Å². The molecule has 0 bridgehead atoms. The van der Waals surface area contributed by atoms with Crippen molar-refractivity contribution in [2.75, 3.05) is 7.11 Å². The van der Waals surface area contributed by atoms with Gasteiger partial charge in [0, 0.05) is 12.1 Å². The smallest absolute Gasteiger partial charge is 0.329 e. The Labute approximate surface area is 165 Å². The lowest BCUT2D eigenvalue weighted by molar-refractivity contribution is -0.157. The van der Waals surface area contributed by atoms with E-state index in [1.165, 1.54) is 19.9 Å². The predicted molar refractivity (Wildman–Crippen MR) is 106 cm³/mol. The van der Waals surface area contributed by atoms with Crippen LogP contribution in [0.4, 0.5) is 0 Å². The molecule has 1 saturated carbocycles. The van der Waals surface area contributed by atoms with E-state index in [9.17, 15) is 14.4 Å². The van der Waals surface area contributed by atoms with Crippen molar-refractivity contribution >= 4 is 23.9 Å². The molecule has 1 aliphatic carbocycles. The Kier molecular flexibility index (Phi) is 8.04. The lowest BCUT2D eigenvalue weighted by Crippen LogP contribution is -2.44. The number of hydrogen-bond acceptors (Lipinski definition) is 5. The number of amides is 2. The minimum Gasteiger partial charge on any atom is -0.497 e. The Morgan fingerprint density at radius 2 is 1.75 bits per heavy atom. The number of nitrogens with one attached hydrogen (secondary N) is 2. The van der Waals surface area contributed by atoms with E-state index in [0.29, 0.717) is 0 Å². The summed E-state index contributed by atoms with van der Waals surface area (Å²) in [5.41, 5.74) is 0.823. The van der Waals surface area contributed by atoms with E-state index in [-0.39, 0.29) is 11.9 Å². The van der Waals surface area contributed by atoms with Crippen molar-refractivity contribution in [3.05, 3.63) is 35.9 Å². The van der Waals surface area contributed by atoms with Gasteiger partial charge in [0.1, 0.15) is 11.8 Å². The third kappa shape index (κ3) is 6.72. The van der Waals surface area contributed by atoms with Gasteiger partial charge in [-0.3, -0.25) is 9.59 Å². The number of carbonyl (C=O) groups is 3. The first kappa shape index (κ1) is 21.5. The Morgan fingerprint density at radius 3 is 2.36 bits per heavy atom. The normalized spacial score (nSPS) is 16.4. The number of benzene rings is 1. The summed E-state index contributed by atoms with van der Waals surface area (Å²) < 4.78 is 10.2. The lowest BCUT2D eigenvalue weighted by Gasteiger charge is -2.19. The Hall–Kier alpha value is -2.83. The summed E-state index contributed by atoms with van der Waals surface area (Å²) in [6, 6.07) is 6.49. The number of carbonyl (C=O) groups excluding carboxylic acids is 3. The highest BCUT2D eigenvalue weighted by atomic mass is 16.5. The van der Waals surface area contributed by atoms with Crippen LogP contribution in [-0.2, 0) is 19.1 Å². The van der Waals surface area contributed by atoms with Crippen molar-refractivity contribution in [1.82, 2.24) is 10.6 Å². The molecule has 0 aliphatic heterocycles. The highest BCUT2D eigenvalue weighted by Gasteiger charge is 2.25. The summed E-state index contributed by atoms with van der Waals surface area (Å²) in [7, 11) is 1.58. The second-order valence-corrected chi connectivity index (χ2v) is 6.91. The topological polar surface area (TPSA) is 93.7 Å². The van der Waals surface area contributed by atoms with Crippen LogP contribution < -0.4 is 15.4 Å². The quantitative estimate of drug-likeness (QED) is 0.526. The van der Waals surface area contributed by atoms with Gasteiger partial charge in [-0.25, -0.2) is 4.79 Å². The summed E-state index contributed by atoms with van der Waals surface area (Å²) in [5, 5.41) is 5.42. The number of rotatable bonds is 8. The fourth-order valence-corrected chi connectivity index (χ4v) is 2.93. The van der Waals surface area contributed by atoms with Crippen LogP contribution in [0.2, 0.25) is 0 Å². The van der Waals surface area contributed by atoms with E-state index in [1.807, 2.05) is 12.1 Å². The van der Waals surface area contributed by atoms with Gasteiger partial charge in [-0.1, -0.05) is 25.0 Å². The first-order valence-electron chi connectivity index (χ1n) is 9.52.